The Kier molecular flexibility index (Phi) is 6.38. The van der Waals surface area contributed by atoms with Gasteiger partial charge in [0.2, 0.25) is 0 Å². The molecule has 2 aliphatic rings. The smallest absolute Gasteiger partial charge is 0.192 e. The lowest BCUT2D eigenvalue weighted by Crippen LogP contribution is -2.50. The number of hydrogen-bond donors (Lipinski definition) is 2. The molecule has 2 aromatic heterocycles. The van der Waals surface area contributed by atoms with Crippen LogP contribution < -0.4 is 16.0 Å². The van der Waals surface area contributed by atoms with E-state index < -0.39 is 0 Å². The van der Waals surface area contributed by atoms with Crippen LogP contribution in [-0.2, 0) is 4.74 Å². The lowest BCUT2D eigenvalue weighted by molar-refractivity contribution is 0.0974. The second-order valence-corrected chi connectivity index (χ2v) is 9.94. The largest absolute Gasteiger partial charge is 0.376 e. The summed E-state index contributed by atoms with van der Waals surface area (Å²) in [4.78, 5) is 20.6. The maximum Gasteiger partial charge on any atom is 0.192 e. The molecular weight excluding hydrogens is 458 g/mol. The van der Waals surface area contributed by atoms with E-state index in [0.717, 1.165) is 48.8 Å². The van der Waals surface area contributed by atoms with E-state index in [-0.39, 0.29) is 17.6 Å². The Morgan fingerprint density at radius 1 is 1.15 bits per heavy atom. The molecule has 2 aliphatic heterocycles. The van der Waals surface area contributed by atoms with Crippen molar-refractivity contribution in [3.63, 3.8) is 0 Å². The molecule has 33 heavy (non-hydrogen) atoms. The zero-order valence-corrected chi connectivity index (χ0v) is 19.9. The third-order valence-electron chi connectivity index (χ3n) is 6.58. The van der Waals surface area contributed by atoms with Crippen LogP contribution in [0.1, 0.15) is 19.8 Å². The van der Waals surface area contributed by atoms with E-state index in [4.69, 9.17) is 22.1 Å². The molecule has 3 aromatic rings. The lowest BCUT2D eigenvalue weighted by Gasteiger charge is -2.41. The number of ether oxygens (including phenoxy) is 1. The van der Waals surface area contributed by atoms with Gasteiger partial charge in [0.25, 0.3) is 0 Å². The van der Waals surface area contributed by atoms with Gasteiger partial charge >= 0.3 is 0 Å². The van der Waals surface area contributed by atoms with Crippen LogP contribution in [0.5, 0.6) is 0 Å². The van der Waals surface area contributed by atoms with E-state index in [0.29, 0.717) is 16.0 Å². The van der Waals surface area contributed by atoms with Crippen LogP contribution in [0.15, 0.2) is 59.2 Å². The number of nitrogens with zero attached hydrogens (tertiary/aromatic N) is 5. The molecule has 10 heteroatoms. The van der Waals surface area contributed by atoms with Gasteiger partial charge in [-0.05, 0) is 43.7 Å². The van der Waals surface area contributed by atoms with Gasteiger partial charge in [-0.15, -0.1) is 0 Å². The molecule has 0 amide bonds. The molecule has 0 radical (unpaired) electrons. The summed E-state index contributed by atoms with van der Waals surface area (Å²) in [5.74, 6) is 0.630. The standard InChI is InChI=1S/C23H26ClN7OS/c1-15-21(25)23(14-32-15)5-9-31(10-6-23)16-11-28-22(29-12-16)33-18-4-2-3-17(20(18)24)30-19-13-26-7-8-27-19/h2-4,7-8,11-13,15,21H,5-6,9-10,14,25H2,1H3,(H,27,30)/t15-,21-/m0/s1. The fourth-order valence-corrected chi connectivity index (χ4v) is 5.54. The second-order valence-electron chi connectivity index (χ2n) is 8.55. The predicted octanol–water partition coefficient (Wildman–Crippen LogP) is 4.15. The summed E-state index contributed by atoms with van der Waals surface area (Å²) in [7, 11) is 0. The first kappa shape index (κ1) is 22.3. The zero-order valence-electron chi connectivity index (χ0n) is 18.3. The summed E-state index contributed by atoms with van der Waals surface area (Å²) in [6, 6.07) is 5.89. The van der Waals surface area contributed by atoms with Crippen molar-refractivity contribution in [3.05, 3.63) is 54.2 Å². The Morgan fingerprint density at radius 3 is 2.61 bits per heavy atom. The molecule has 1 spiro atoms. The molecule has 172 valence electrons. The monoisotopic (exact) mass is 483 g/mol. The Balaban J connectivity index is 1.23. The normalized spacial score (nSPS) is 22.0. The predicted molar refractivity (Wildman–Crippen MR) is 130 cm³/mol. The molecule has 2 atom stereocenters. The van der Waals surface area contributed by atoms with E-state index in [2.05, 4.69) is 37.1 Å². The van der Waals surface area contributed by atoms with Crippen LogP contribution in [0.25, 0.3) is 0 Å². The summed E-state index contributed by atoms with van der Waals surface area (Å²) < 4.78 is 5.83. The fourth-order valence-electron chi connectivity index (χ4n) is 4.49. The topological polar surface area (TPSA) is 102 Å². The Labute approximate surface area is 202 Å². The van der Waals surface area contributed by atoms with E-state index in [1.807, 2.05) is 30.6 Å². The van der Waals surface area contributed by atoms with Crippen molar-refractivity contribution in [2.75, 3.05) is 29.9 Å². The van der Waals surface area contributed by atoms with Crippen molar-refractivity contribution in [2.24, 2.45) is 11.1 Å². The van der Waals surface area contributed by atoms with Crippen molar-refractivity contribution in [3.8, 4) is 0 Å². The van der Waals surface area contributed by atoms with Crippen molar-refractivity contribution < 1.29 is 4.74 Å². The summed E-state index contributed by atoms with van der Waals surface area (Å²) in [5, 5.41) is 4.43. The van der Waals surface area contributed by atoms with E-state index in [9.17, 15) is 0 Å². The van der Waals surface area contributed by atoms with Gasteiger partial charge in [0.1, 0.15) is 5.82 Å². The molecule has 4 heterocycles. The second kappa shape index (κ2) is 9.42. The number of halogens is 1. The van der Waals surface area contributed by atoms with Gasteiger partial charge in [-0.3, -0.25) is 4.98 Å². The van der Waals surface area contributed by atoms with Crippen molar-refractivity contribution >= 4 is 40.6 Å². The molecule has 0 aliphatic carbocycles. The highest BCUT2D eigenvalue weighted by Crippen LogP contribution is 2.42. The van der Waals surface area contributed by atoms with Gasteiger partial charge in [0.15, 0.2) is 5.16 Å². The molecule has 5 rings (SSSR count). The first-order valence-electron chi connectivity index (χ1n) is 11.0. The number of anilines is 3. The molecular formula is C23H26ClN7OS. The summed E-state index contributed by atoms with van der Waals surface area (Å²) >= 11 is 8.06. The Hall–Kier alpha value is -2.46. The SMILES string of the molecule is C[C@@H]1OCC2(CCN(c3cnc(Sc4cccc(Nc5cnccn5)c4Cl)nc3)CC2)[C@H]1N. The first-order chi connectivity index (χ1) is 16.0. The summed E-state index contributed by atoms with van der Waals surface area (Å²) in [5.41, 5.74) is 8.32. The number of piperidine rings is 1. The maximum absolute atomic E-state index is 6.63. The van der Waals surface area contributed by atoms with Crippen LogP contribution in [0.3, 0.4) is 0 Å². The number of nitrogens with one attached hydrogen (secondary N) is 1. The molecule has 0 bridgehead atoms. The molecule has 0 saturated carbocycles. The van der Waals surface area contributed by atoms with Crippen LogP contribution in [-0.4, -0.2) is 51.8 Å². The Bertz CT molecular complexity index is 1090. The highest BCUT2D eigenvalue weighted by Gasteiger charge is 2.47. The van der Waals surface area contributed by atoms with Gasteiger partial charge < -0.3 is 20.7 Å². The molecule has 8 nitrogen and oxygen atoms in total. The van der Waals surface area contributed by atoms with Crippen LogP contribution >= 0.6 is 23.4 Å². The van der Waals surface area contributed by atoms with Gasteiger partial charge in [-0.2, -0.15) is 0 Å². The first-order valence-corrected chi connectivity index (χ1v) is 12.2. The number of aromatic nitrogens is 4. The van der Waals surface area contributed by atoms with Gasteiger partial charge in [0, 0.05) is 41.8 Å². The quantitative estimate of drug-likeness (QED) is 0.518. The van der Waals surface area contributed by atoms with Crippen LogP contribution in [0.2, 0.25) is 5.02 Å². The minimum absolute atomic E-state index is 0.105. The number of benzene rings is 1. The fraction of sp³-hybridized carbons (Fsp3) is 0.391. The van der Waals surface area contributed by atoms with Gasteiger partial charge in [-0.25, -0.2) is 15.0 Å². The average molecular weight is 484 g/mol. The highest BCUT2D eigenvalue weighted by atomic mass is 35.5. The number of hydrogen-bond acceptors (Lipinski definition) is 9. The Morgan fingerprint density at radius 2 is 1.94 bits per heavy atom. The minimum Gasteiger partial charge on any atom is -0.376 e. The maximum atomic E-state index is 6.63. The van der Waals surface area contributed by atoms with E-state index in [1.165, 1.54) is 11.8 Å². The molecule has 2 saturated heterocycles. The van der Waals surface area contributed by atoms with Crippen LogP contribution in [0, 0.1) is 5.41 Å². The number of nitrogens with two attached hydrogens (primary N) is 1. The molecule has 3 N–H and O–H groups in total. The average Bonchev–Trinajstić information content (AvgIpc) is 3.12. The van der Waals surface area contributed by atoms with Crippen LogP contribution in [0.4, 0.5) is 17.2 Å². The third-order valence-corrected chi connectivity index (χ3v) is 8.05. The molecule has 2 fully saturated rings. The molecule has 1 aromatic carbocycles. The van der Waals surface area contributed by atoms with Crippen molar-refractivity contribution in [1.82, 2.24) is 19.9 Å². The van der Waals surface area contributed by atoms with Crippen molar-refractivity contribution in [1.29, 1.82) is 0 Å². The van der Waals surface area contributed by atoms with Gasteiger partial charge in [-0.1, -0.05) is 17.7 Å². The van der Waals surface area contributed by atoms with E-state index >= 15 is 0 Å². The highest BCUT2D eigenvalue weighted by molar-refractivity contribution is 7.99. The van der Waals surface area contributed by atoms with E-state index in [1.54, 1.807) is 18.6 Å². The summed E-state index contributed by atoms with van der Waals surface area (Å²) in [6.45, 7) is 4.70. The third kappa shape index (κ3) is 4.63. The van der Waals surface area contributed by atoms with Gasteiger partial charge in [0.05, 0.1) is 47.7 Å². The minimum atomic E-state index is 0.105. The zero-order chi connectivity index (χ0) is 22.8. The van der Waals surface area contributed by atoms with Crippen molar-refractivity contribution in [2.45, 2.75) is 42.0 Å². The number of rotatable bonds is 5. The summed E-state index contributed by atoms with van der Waals surface area (Å²) in [6.07, 6.45) is 10.9. The molecule has 0 unspecified atom stereocenters. The lowest BCUT2D eigenvalue weighted by atomic mass is 9.73.